The van der Waals surface area contributed by atoms with Crippen LogP contribution >= 0.6 is 0 Å². The number of nitrogens with zero attached hydrogens (tertiary/aromatic N) is 1. The molecular weight excluding hydrogens is 178 g/mol. The van der Waals surface area contributed by atoms with Crippen molar-refractivity contribution in [3.63, 3.8) is 0 Å². The Morgan fingerprint density at radius 1 is 1.36 bits per heavy atom. The predicted molar refractivity (Wildman–Crippen MR) is 55.8 cm³/mol. The summed E-state index contributed by atoms with van der Waals surface area (Å²) in [5.74, 6) is -0.107. The third-order valence-corrected chi connectivity index (χ3v) is 1.70. The van der Waals surface area contributed by atoms with E-state index in [2.05, 4.69) is 0 Å². The lowest BCUT2D eigenvalue weighted by atomic mass is 10.3. The Labute approximate surface area is 84.2 Å². The maximum absolute atomic E-state index is 11.3. The van der Waals surface area contributed by atoms with E-state index in [0.29, 0.717) is 6.61 Å². The van der Waals surface area contributed by atoms with Gasteiger partial charge in [0.15, 0.2) is 0 Å². The molecule has 1 aromatic rings. The van der Waals surface area contributed by atoms with E-state index in [-0.39, 0.29) is 5.91 Å². The molecule has 0 heterocycles. The minimum Gasteiger partial charge on any atom is -0.273 e. The molecule has 0 spiro atoms. The van der Waals surface area contributed by atoms with Gasteiger partial charge in [0.05, 0.1) is 12.3 Å². The van der Waals surface area contributed by atoms with E-state index in [1.54, 1.807) is 0 Å². The van der Waals surface area contributed by atoms with Gasteiger partial charge in [0.1, 0.15) is 0 Å². The number of hydrogen-bond donors (Lipinski definition) is 0. The smallest absolute Gasteiger partial charge is 0.247 e. The lowest BCUT2D eigenvalue weighted by Crippen LogP contribution is -2.28. The molecule has 1 amide bonds. The molecule has 3 heteroatoms. The monoisotopic (exact) mass is 193 g/mol. The average Bonchev–Trinajstić information content (AvgIpc) is 2.19. The number of hydroxylamine groups is 1. The van der Waals surface area contributed by atoms with Gasteiger partial charge in [0.2, 0.25) is 5.91 Å². The fraction of sp³-hybridized carbons (Fsp3) is 0.364. The second-order valence-electron chi connectivity index (χ2n) is 2.98. The quantitative estimate of drug-likeness (QED) is 0.687. The molecule has 0 bridgehead atoms. The van der Waals surface area contributed by atoms with Crippen molar-refractivity contribution in [2.45, 2.75) is 20.3 Å². The largest absolute Gasteiger partial charge is 0.273 e. The first-order valence-electron chi connectivity index (χ1n) is 4.74. The van der Waals surface area contributed by atoms with Crippen LogP contribution in [0.1, 0.15) is 20.3 Å². The van der Waals surface area contributed by atoms with Crippen molar-refractivity contribution in [1.29, 1.82) is 0 Å². The summed E-state index contributed by atoms with van der Waals surface area (Å²) in [5.41, 5.74) is 0.772. The normalized spacial score (nSPS) is 9.86. The first kappa shape index (κ1) is 10.7. The third kappa shape index (κ3) is 2.85. The first-order valence-corrected chi connectivity index (χ1v) is 4.74. The van der Waals surface area contributed by atoms with Gasteiger partial charge >= 0.3 is 0 Å². The molecule has 3 nitrogen and oxygen atoms in total. The van der Waals surface area contributed by atoms with E-state index in [9.17, 15) is 4.79 Å². The fourth-order valence-electron chi connectivity index (χ4n) is 1.09. The van der Waals surface area contributed by atoms with Gasteiger partial charge in [0, 0.05) is 6.92 Å². The molecule has 0 N–H and O–H groups in total. The molecule has 1 aromatic carbocycles. The van der Waals surface area contributed by atoms with Gasteiger partial charge in [-0.15, -0.1) is 0 Å². The first-order chi connectivity index (χ1) is 6.75. The van der Waals surface area contributed by atoms with Crippen LogP contribution in [0.25, 0.3) is 0 Å². The van der Waals surface area contributed by atoms with Crippen LogP contribution in [-0.4, -0.2) is 12.5 Å². The number of hydrogen-bond acceptors (Lipinski definition) is 2. The van der Waals surface area contributed by atoms with Crippen LogP contribution < -0.4 is 5.06 Å². The van der Waals surface area contributed by atoms with Gasteiger partial charge in [-0.25, -0.2) is 0 Å². The van der Waals surface area contributed by atoms with Crippen molar-refractivity contribution in [3.8, 4) is 0 Å². The summed E-state index contributed by atoms with van der Waals surface area (Å²) < 4.78 is 0. The average molecular weight is 193 g/mol. The topological polar surface area (TPSA) is 29.5 Å². The maximum atomic E-state index is 11.3. The Bertz CT molecular complexity index is 285. The molecule has 76 valence electrons. The molecule has 0 aliphatic heterocycles. The summed E-state index contributed by atoms with van der Waals surface area (Å²) in [5, 5.41) is 1.32. The van der Waals surface area contributed by atoms with Crippen LogP contribution in [0, 0.1) is 0 Å². The SMILES string of the molecule is CCCON(C(C)=O)c1ccccc1. The van der Waals surface area contributed by atoms with Crippen LogP contribution in [0.15, 0.2) is 30.3 Å². The van der Waals surface area contributed by atoms with E-state index < -0.39 is 0 Å². The number of anilines is 1. The molecule has 0 aliphatic rings. The highest BCUT2D eigenvalue weighted by molar-refractivity contribution is 5.89. The Hall–Kier alpha value is -1.35. The van der Waals surface area contributed by atoms with Crippen LogP contribution in [-0.2, 0) is 9.63 Å². The summed E-state index contributed by atoms with van der Waals surface area (Å²) >= 11 is 0. The summed E-state index contributed by atoms with van der Waals surface area (Å²) in [6.07, 6.45) is 0.886. The lowest BCUT2D eigenvalue weighted by molar-refractivity contribution is -0.123. The van der Waals surface area contributed by atoms with Gasteiger partial charge in [-0.2, -0.15) is 5.06 Å². The molecule has 0 aromatic heterocycles. The summed E-state index contributed by atoms with van der Waals surface area (Å²) in [4.78, 5) is 16.6. The van der Waals surface area contributed by atoms with Gasteiger partial charge < -0.3 is 0 Å². The van der Waals surface area contributed by atoms with Crippen LogP contribution in [0.4, 0.5) is 5.69 Å². The van der Waals surface area contributed by atoms with Crippen molar-refractivity contribution in [2.75, 3.05) is 11.7 Å². The van der Waals surface area contributed by atoms with Gasteiger partial charge in [-0.05, 0) is 18.6 Å². The van der Waals surface area contributed by atoms with Crippen LogP contribution in [0.3, 0.4) is 0 Å². The Morgan fingerprint density at radius 3 is 2.50 bits per heavy atom. The fourth-order valence-corrected chi connectivity index (χ4v) is 1.09. The molecule has 0 atom stereocenters. The summed E-state index contributed by atoms with van der Waals surface area (Å²) in [6.45, 7) is 4.04. The Kier molecular flexibility index (Phi) is 4.13. The zero-order valence-electron chi connectivity index (χ0n) is 8.56. The highest BCUT2D eigenvalue weighted by atomic mass is 16.7. The Morgan fingerprint density at radius 2 is 2.00 bits per heavy atom. The molecule has 14 heavy (non-hydrogen) atoms. The molecule has 0 saturated heterocycles. The maximum Gasteiger partial charge on any atom is 0.247 e. The minimum atomic E-state index is -0.107. The Balaban J connectivity index is 2.73. The van der Waals surface area contributed by atoms with Crippen molar-refractivity contribution < 1.29 is 9.63 Å². The molecular formula is C11H15NO2. The van der Waals surface area contributed by atoms with Crippen molar-refractivity contribution in [3.05, 3.63) is 30.3 Å². The van der Waals surface area contributed by atoms with Crippen molar-refractivity contribution in [2.24, 2.45) is 0 Å². The number of para-hydroxylation sites is 1. The summed E-state index contributed by atoms with van der Waals surface area (Å²) in [6, 6.07) is 9.34. The number of rotatable bonds is 4. The molecule has 0 aliphatic carbocycles. The van der Waals surface area contributed by atoms with Crippen molar-refractivity contribution >= 4 is 11.6 Å². The highest BCUT2D eigenvalue weighted by Gasteiger charge is 2.10. The summed E-state index contributed by atoms with van der Waals surface area (Å²) in [7, 11) is 0. The number of carbonyl (C=O) groups excluding carboxylic acids is 1. The van der Waals surface area contributed by atoms with Gasteiger partial charge in [-0.1, -0.05) is 25.1 Å². The molecule has 1 rings (SSSR count). The number of carbonyl (C=O) groups is 1. The van der Waals surface area contributed by atoms with Crippen LogP contribution in [0.2, 0.25) is 0 Å². The molecule has 0 fully saturated rings. The standard InChI is InChI=1S/C11H15NO2/c1-3-9-14-12(10(2)13)11-7-5-4-6-8-11/h4-8H,3,9H2,1-2H3. The second-order valence-corrected chi connectivity index (χ2v) is 2.98. The molecule has 0 unspecified atom stereocenters. The number of benzene rings is 1. The van der Waals surface area contributed by atoms with E-state index in [1.807, 2.05) is 37.3 Å². The van der Waals surface area contributed by atoms with E-state index in [1.165, 1.54) is 12.0 Å². The van der Waals surface area contributed by atoms with Crippen molar-refractivity contribution in [1.82, 2.24) is 0 Å². The van der Waals surface area contributed by atoms with Crippen LogP contribution in [0.5, 0.6) is 0 Å². The zero-order chi connectivity index (χ0) is 10.4. The molecule has 0 radical (unpaired) electrons. The third-order valence-electron chi connectivity index (χ3n) is 1.70. The second kappa shape index (κ2) is 5.40. The van der Waals surface area contributed by atoms with Gasteiger partial charge in [-0.3, -0.25) is 9.63 Å². The lowest BCUT2D eigenvalue weighted by Gasteiger charge is -2.19. The molecule has 0 saturated carbocycles. The minimum absolute atomic E-state index is 0.107. The van der Waals surface area contributed by atoms with E-state index in [4.69, 9.17) is 4.84 Å². The van der Waals surface area contributed by atoms with Gasteiger partial charge in [0.25, 0.3) is 0 Å². The van der Waals surface area contributed by atoms with E-state index in [0.717, 1.165) is 12.1 Å². The highest BCUT2D eigenvalue weighted by Crippen LogP contribution is 2.13. The number of amides is 1. The zero-order valence-corrected chi connectivity index (χ0v) is 8.56. The predicted octanol–water partition coefficient (Wildman–Crippen LogP) is 2.38. The van der Waals surface area contributed by atoms with E-state index >= 15 is 0 Å².